The number of nitrogens with one attached hydrogen (secondary N) is 1. The molecule has 0 saturated heterocycles. The Morgan fingerprint density at radius 2 is 1.91 bits per heavy atom. The van der Waals surface area contributed by atoms with Crippen molar-refractivity contribution in [2.75, 3.05) is 12.4 Å². The Balaban J connectivity index is 1.75. The highest BCUT2D eigenvalue weighted by molar-refractivity contribution is 8.00. The summed E-state index contributed by atoms with van der Waals surface area (Å²) in [4.78, 5) is 41.7. The first-order chi connectivity index (χ1) is 16.8. The molecule has 178 valence electrons. The van der Waals surface area contributed by atoms with Crippen LogP contribution in [0, 0.1) is 17.0 Å². The molecule has 0 radical (unpaired) electrons. The number of nitrogens with zero attached hydrogens (tertiary/aromatic N) is 3. The molecule has 1 heterocycles. The zero-order valence-electron chi connectivity index (χ0n) is 19.2. The average molecular weight is 491 g/mol. The van der Waals surface area contributed by atoms with Crippen LogP contribution < -0.4 is 15.6 Å². The van der Waals surface area contributed by atoms with Crippen LogP contribution in [0.15, 0.2) is 76.7 Å². The number of rotatable bonds is 7. The van der Waals surface area contributed by atoms with Crippen LogP contribution >= 0.6 is 11.8 Å². The van der Waals surface area contributed by atoms with Crippen molar-refractivity contribution >= 4 is 39.9 Å². The third kappa shape index (κ3) is 5.02. The second-order valence-corrected chi connectivity index (χ2v) is 9.09. The smallest absolute Gasteiger partial charge is 0.271 e. The van der Waals surface area contributed by atoms with Crippen molar-refractivity contribution in [3.05, 3.63) is 92.8 Å². The molecule has 1 aromatic heterocycles. The Hall–Kier alpha value is -4.18. The van der Waals surface area contributed by atoms with Gasteiger partial charge in [0.15, 0.2) is 5.16 Å². The number of aromatic nitrogens is 2. The minimum absolute atomic E-state index is 0.125. The maximum absolute atomic E-state index is 13.6. The minimum Gasteiger partial charge on any atom is -0.495 e. The molecular weight excluding hydrogens is 468 g/mol. The first-order valence-corrected chi connectivity index (χ1v) is 11.5. The second-order valence-electron chi connectivity index (χ2n) is 7.78. The summed E-state index contributed by atoms with van der Waals surface area (Å²) in [6.45, 7) is 3.58. The molecule has 0 spiro atoms. The van der Waals surface area contributed by atoms with Crippen molar-refractivity contribution in [2.45, 2.75) is 24.3 Å². The fraction of sp³-hybridized carbons (Fsp3) is 0.160. The van der Waals surface area contributed by atoms with E-state index in [4.69, 9.17) is 4.74 Å². The zero-order valence-corrected chi connectivity index (χ0v) is 20.0. The van der Waals surface area contributed by atoms with E-state index in [1.807, 2.05) is 19.1 Å². The van der Waals surface area contributed by atoms with Crippen molar-refractivity contribution in [2.24, 2.45) is 0 Å². The third-order valence-electron chi connectivity index (χ3n) is 5.30. The summed E-state index contributed by atoms with van der Waals surface area (Å²) in [6.07, 6.45) is 0. The summed E-state index contributed by atoms with van der Waals surface area (Å²) in [7, 11) is 1.52. The summed E-state index contributed by atoms with van der Waals surface area (Å²) in [5.41, 5.74) is 1.85. The maximum Gasteiger partial charge on any atom is 0.271 e. The molecule has 4 rings (SSSR count). The molecule has 0 aliphatic carbocycles. The van der Waals surface area contributed by atoms with Crippen molar-refractivity contribution in [3.63, 3.8) is 0 Å². The van der Waals surface area contributed by atoms with Crippen molar-refractivity contribution in [1.82, 2.24) is 9.55 Å². The Kier molecular flexibility index (Phi) is 6.83. The molecule has 35 heavy (non-hydrogen) atoms. The molecule has 1 amide bonds. The number of methoxy groups -OCH3 is 1. The van der Waals surface area contributed by atoms with Crippen LogP contribution in [0.3, 0.4) is 0 Å². The van der Waals surface area contributed by atoms with Gasteiger partial charge in [-0.3, -0.25) is 24.3 Å². The Bertz CT molecular complexity index is 1500. The van der Waals surface area contributed by atoms with Gasteiger partial charge in [0.25, 0.3) is 11.2 Å². The monoisotopic (exact) mass is 490 g/mol. The predicted molar refractivity (Wildman–Crippen MR) is 136 cm³/mol. The number of nitro groups is 1. The van der Waals surface area contributed by atoms with Gasteiger partial charge in [0.1, 0.15) is 5.75 Å². The predicted octanol–water partition coefficient (Wildman–Crippen LogP) is 4.73. The van der Waals surface area contributed by atoms with Gasteiger partial charge in [-0.05, 0) is 49.7 Å². The number of carbonyl (C=O) groups is 1. The van der Waals surface area contributed by atoms with E-state index in [9.17, 15) is 19.7 Å². The van der Waals surface area contributed by atoms with Gasteiger partial charge in [-0.25, -0.2) is 4.98 Å². The summed E-state index contributed by atoms with van der Waals surface area (Å²) in [6, 6.07) is 18.2. The van der Waals surface area contributed by atoms with E-state index in [0.717, 1.165) is 17.3 Å². The molecule has 1 atom stereocenters. The molecule has 1 N–H and O–H groups in total. The second kappa shape index (κ2) is 9.98. The summed E-state index contributed by atoms with van der Waals surface area (Å²) in [5.74, 6) is 0.103. The Morgan fingerprint density at radius 1 is 1.14 bits per heavy atom. The molecule has 0 aliphatic heterocycles. The quantitative estimate of drug-likeness (QED) is 0.172. The zero-order chi connectivity index (χ0) is 25.1. The number of aryl methyl sites for hydroxylation is 1. The fourth-order valence-electron chi connectivity index (χ4n) is 3.53. The SMILES string of the molecule is COc1ccc(C)cc1-n1c(SC(C)C(=O)Nc2cccc([N+](=O)[O-])c2)nc2ccccc2c1=O. The number of hydrogen-bond donors (Lipinski definition) is 1. The van der Waals surface area contributed by atoms with Gasteiger partial charge < -0.3 is 10.1 Å². The largest absolute Gasteiger partial charge is 0.495 e. The van der Waals surface area contributed by atoms with E-state index in [-0.39, 0.29) is 17.2 Å². The van der Waals surface area contributed by atoms with Gasteiger partial charge in [0.05, 0.1) is 33.9 Å². The molecule has 4 aromatic rings. The van der Waals surface area contributed by atoms with E-state index in [1.165, 1.54) is 29.9 Å². The summed E-state index contributed by atoms with van der Waals surface area (Å²) >= 11 is 1.11. The van der Waals surface area contributed by atoms with Crippen LogP contribution in [0.1, 0.15) is 12.5 Å². The van der Waals surface area contributed by atoms with E-state index in [2.05, 4.69) is 10.3 Å². The number of para-hydroxylation sites is 1. The Morgan fingerprint density at radius 3 is 2.66 bits per heavy atom. The number of benzene rings is 3. The van der Waals surface area contributed by atoms with E-state index < -0.39 is 10.2 Å². The number of anilines is 1. The number of non-ortho nitro benzene ring substituents is 1. The van der Waals surface area contributed by atoms with E-state index >= 15 is 0 Å². The molecule has 10 heteroatoms. The lowest BCUT2D eigenvalue weighted by Gasteiger charge is -2.18. The summed E-state index contributed by atoms with van der Waals surface area (Å²) in [5, 5.41) is 13.8. The highest BCUT2D eigenvalue weighted by Crippen LogP contribution is 2.30. The van der Waals surface area contributed by atoms with Crippen LogP contribution in [0.5, 0.6) is 5.75 Å². The lowest BCUT2D eigenvalue weighted by atomic mass is 10.2. The average Bonchev–Trinajstić information content (AvgIpc) is 2.84. The highest BCUT2D eigenvalue weighted by atomic mass is 32.2. The molecule has 3 aromatic carbocycles. The third-order valence-corrected chi connectivity index (χ3v) is 6.35. The van der Waals surface area contributed by atoms with Crippen LogP contribution in [0.25, 0.3) is 16.6 Å². The van der Waals surface area contributed by atoms with E-state index in [0.29, 0.717) is 33.2 Å². The van der Waals surface area contributed by atoms with Crippen LogP contribution in [-0.2, 0) is 4.79 Å². The number of carbonyl (C=O) groups excluding carboxylic acids is 1. The van der Waals surface area contributed by atoms with Gasteiger partial charge in [-0.1, -0.05) is 36.0 Å². The molecule has 0 saturated carbocycles. The lowest BCUT2D eigenvalue weighted by Crippen LogP contribution is -2.26. The molecule has 1 unspecified atom stereocenters. The number of thioether (sulfide) groups is 1. The van der Waals surface area contributed by atoms with Crippen LogP contribution in [0.2, 0.25) is 0 Å². The maximum atomic E-state index is 13.6. The number of amides is 1. The van der Waals surface area contributed by atoms with Gasteiger partial charge >= 0.3 is 0 Å². The van der Waals surface area contributed by atoms with Crippen molar-refractivity contribution in [1.29, 1.82) is 0 Å². The van der Waals surface area contributed by atoms with Gasteiger partial charge in [-0.2, -0.15) is 0 Å². The summed E-state index contributed by atoms with van der Waals surface area (Å²) < 4.78 is 6.96. The number of nitro benzene ring substituents is 1. The van der Waals surface area contributed by atoms with E-state index in [1.54, 1.807) is 43.3 Å². The van der Waals surface area contributed by atoms with Gasteiger partial charge in [0, 0.05) is 17.8 Å². The lowest BCUT2D eigenvalue weighted by molar-refractivity contribution is -0.384. The molecule has 0 fully saturated rings. The topological polar surface area (TPSA) is 116 Å². The van der Waals surface area contributed by atoms with Gasteiger partial charge in [0.2, 0.25) is 5.91 Å². The molecular formula is C25H22N4O5S. The van der Waals surface area contributed by atoms with Crippen molar-refractivity contribution in [3.8, 4) is 11.4 Å². The van der Waals surface area contributed by atoms with Crippen molar-refractivity contribution < 1.29 is 14.5 Å². The van der Waals surface area contributed by atoms with Crippen LogP contribution in [0.4, 0.5) is 11.4 Å². The molecule has 9 nitrogen and oxygen atoms in total. The normalized spacial score (nSPS) is 11.7. The number of hydrogen-bond acceptors (Lipinski definition) is 7. The van der Waals surface area contributed by atoms with Gasteiger partial charge in [-0.15, -0.1) is 0 Å². The highest BCUT2D eigenvalue weighted by Gasteiger charge is 2.22. The number of fused-ring (bicyclic) bond motifs is 1. The first kappa shape index (κ1) is 24.0. The minimum atomic E-state index is -0.677. The Labute approximate surface area is 204 Å². The standard InChI is InChI=1S/C25H22N4O5S/c1-15-11-12-22(34-3)21(13-15)28-24(31)19-9-4-5-10-20(19)27-25(28)35-16(2)23(30)26-17-7-6-8-18(14-17)29(32)33/h4-14,16H,1-3H3,(H,26,30). The molecule has 0 bridgehead atoms. The number of ether oxygens (including phenoxy) is 1. The molecule has 0 aliphatic rings. The first-order valence-electron chi connectivity index (χ1n) is 10.7. The van der Waals surface area contributed by atoms with Crippen LogP contribution in [-0.4, -0.2) is 32.7 Å². The fourth-order valence-corrected chi connectivity index (χ4v) is 4.45.